The molecule has 0 aliphatic rings. The standard InChI is InChI=1S/C25H37N2O4S.HI/c1-5-6-8-11-21-14-16-24(17-15-21)32(29,30)26-23(19-27(2,3)4)18-25(28)31-20-22-12-9-7-10-13-22;/h7,9-10,12-17,23,26H,5-6,8,11,18-20H2,1-4H3;1H/q+1;/p-1/t23-;/m1./s1. The molecule has 0 aliphatic heterocycles. The Balaban J connectivity index is 0.00000544. The highest BCUT2D eigenvalue weighted by Gasteiger charge is 2.27. The molecule has 1 N–H and O–H groups in total. The lowest BCUT2D eigenvalue weighted by atomic mass is 10.1. The lowest BCUT2D eigenvalue weighted by Gasteiger charge is -2.29. The summed E-state index contributed by atoms with van der Waals surface area (Å²) in [4.78, 5) is 12.6. The summed E-state index contributed by atoms with van der Waals surface area (Å²) in [6.07, 6.45) is 4.32. The van der Waals surface area contributed by atoms with Gasteiger partial charge in [-0.15, -0.1) is 0 Å². The molecule has 8 heteroatoms. The van der Waals surface area contributed by atoms with Gasteiger partial charge in [-0.2, -0.15) is 0 Å². The molecule has 0 aliphatic carbocycles. The Morgan fingerprint density at radius 3 is 2.18 bits per heavy atom. The first kappa shape index (κ1) is 29.5. The van der Waals surface area contributed by atoms with E-state index < -0.39 is 22.0 Å². The van der Waals surface area contributed by atoms with Crippen LogP contribution in [0.4, 0.5) is 0 Å². The Labute approximate surface area is 216 Å². The molecule has 33 heavy (non-hydrogen) atoms. The summed E-state index contributed by atoms with van der Waals surface area (Å²) in [5, 5.41) is 0. The molecule has 1 atom stereocenters. The maximum atomic E-state index is 13.0. The van der Waals surface area contributed by atoms with Gasteiger partial charge in [0.2, 0.25) is 10.0 Å². The van der Waals surface area contributed by atoms with Crippen molar-refractivity contribution in [2.45, 2.75) is 56.6 Å². The van der Waals surface area contributed by atoms with Crippen LogP contribution in [0.3, 0.4) is 0 Å². The van der Waals surface area contributed by atoms with Crippen molar-refractivity contribution in [1.82, 2.24) is 4.72 Å². The average Bonchev–Trinajstić information content (AvgIpc) is 2.72. The van der Waals surface area contributed by atoms with E-state index in [1.807, 2.05) is 63.6 Å². The van der Waals surface area contributed by atoms with E-state index in [1.54, 1.807) is 12.1 Å². The number of ether oxygens (including phenoxy) is 1. The summed E-state index contributed by atoms with van der Waals surface area (Å²) in [6, 6.07) is 15.9. The van der Waals surface area contributed by atoms with Crippen molar-refractivity contribution in [3.05, 3.63) is 65.7 Å². The van der Waals surface area contributed by atoms with E-state index in [0.29, 0.717) is 11.0 Å². The summed E-state index contributed by atoms with van der Waals surface area (Å²) in [6.45, 7) is 2.78. The number of likely N-dealkylation sites (N-methyl/N-ethyl adjacent to an activating group) is 1. The van der Waals surface area contributed by atoms with Crippen LogP contribution in [0.1, 0.15) is 43.7 Å². The molecule has 0 unspecified atom stereocenters. The largest absolute Gasteiger partial charge is 1.00 e. The molecule has 0 heterocycles. The molecule has 0 saturated carbocycles. The van der Waals surface area contributed by atoms with Gasteiger partial charge in [0, 0.05) is 0 Å². The number of sulfonamides is 1. The summed E-state index contributed by atoms with van der Waals surface area (Å²) < 4.78 is 34.6. The highest BCUT2D eigenvalue weighted by atomic mass is 127. The van der Waals surface area contributed by atoms with Crippen molar-refractivity contribution >= 4 is 16.0 Å². The minimum atomic E-state index is -3.75. The summed E-state index contributed by atoms with van der Waals surface area (Å²) in [7, 11) is 2.13. The highest BCUT2D eigenvalue weighted by Crippen LogP contribution is 2.15. The van der Waals surface area contributed by atoms with E-state index in [1.165, 1.54) is 0 Å². The number of nitrogens with one attached hydrogen (secondary N) is 1. The summed E-state index contributed by atoms with van der Waals surface area (Å²) in [5.74, 6) is -0.429. The zero-order chi connectivity index (χ0) is 23.6. The van der Waals surface area contributed by atoms with Crippen LogP contribution in [0, 0.1) is 0 Å². The first-order chi connectivity index (χ1) is 15.1. The molecule has 184 valence electrons. The lowest BCUT2D eigenvalue weighted by molar-refractivity contribution is -0.871. The number of aryl methyl sites for hydroxylation is 1. The number of unbranched alkanes of at least 4 members (excludes halogenated alkanes) is 2. The Kier molecular flexibility index (Phi) is 12.6. The van der Waals surface area contributed by atoms with Crippen LogP contribution in [-0.2, 0) is 32.6 Å². The van der Waals surface area contributed by atoms with Gasteiger partial charge < -0.3 is 33.2 Å². The molecule has 0 fully saturated rings. The number of quaternary nitrogens is 1. The second-order valence-electron chi connectivity index (χ2n) is 9.24. The minimum Gasteiger partial charge on any atom is -1.00 e. The van der Waals surface area contributed by atoms with Gasteiger partial charge in [0.25, 0.3) is 0 Å². The Bertz CT molecular complexity index is 943. The lowest BCUT2D eigenvalue weighted by Crippen LogP contribution is -3.00. The van der Waals surface area contributed by atoms with Crippen LogP contribution in [0.2, 0.25) is 0 Å². The molecule has 0 saturated heterocycles. The smallest absolute Gasteiger partial charge is 0.307 e. The fourth-order valence-corrected chi connectivity index (χ4v) is 4.73. The van der Waals surface area contributed by atoms with Gasteiger partial charge in [-0.1, -0.05) is 62.2 Å². The Morgan fingerprint density at radius 1 is 0.970 bits per heavy atom. The Hall–Kier alpha value is -1.49. The maximum Gasteiger partial charge on any atom is 0.307 e. The number of benzene rings is 2. The van der Waals surface area contributed by atoms with Gasteiger partial charge in [-0.05, 0) is 36.1 Å². The molecular formula is C25H37IN2O4S. The maximum absolute atomic E-state index is 13.0. The third kappa shape index (κ3) is 11.5. The Morgan fingerprint density at radius 2 is 1.61 bits per heavy atom. The third-order valence-electron chi connectivity index (χ3n) is 5.05. The molecule has 2 aromatic rings. The zero-order valence-corrected chi connectivity index (χ0v) is 23.1. The number of halogens is 1. The van der Waals surface area contributed by atoms with Gasteiger partial charge in [-0.3, -0.25) is 4.79 Å². The number of carbonyl (C=O) groups excluding carboxylic acids is 1. The van der Waals surface area contributed by atoms with E-state index in [9.17, 15) is 13.2 Å². The van der Waals surface area contributed by atoms with Crippen molar-refractivity contribution in [3.63, 3.8) is 0 Å². The first-order valence-corrected chi connectivity index (χ1v) is 12.7. The van der Waals surface area contributed by atoms with E-state index >= 15 is 0 Å². The molecule has 2 aromatic carbocycles. The second-order valence-corrected chi connectivity index (χ2v) is 11.0. The number of hydrogen-bond acceptors (Lipinski definition) is 4. The number of rotatable bonds is 13. The fraction of sp³-hybridized carbons (Fsp3) is 0.480. The van der Waals surface area contributed by atoms with E-state index in [4.69, 9.17) is 4.74 Å². The minimum absolute atomic E-state index is 0. The molecule has 0 amide bonds. The van der Waals surface area contributed by atoms with Crippen molar-refractivity contribution in [2.75, 3.05) is 27.7 Å². The molecule has 0 aromatic heterocycles. The van der Waals surface area contributed by atoms with Crippen LogP contribution < -0.4 is 28.7 Å². The summed E-state index contributed by atoms with van der Waals surface area (Å²) >= 11 is 0. The summed E-state index contributed by atoms with van der Waals surface area (Å²) in [5.41, 5.74) is 2.02. The molecule has 6 nitrogen and oxygen atoms in total. The molecule has 0 spiro atoms. The van der Waals surface area contributed by atoms with E-state index in [2.05, 4.69) is 11.6 Å². The van der Waals surface area contributed by atoms with Crippen LogP contribution in [0.5, 0.6) is 0 Å². The topological polar surface area (TPSA) is 72.5 Å². The van der Waals surface area contributed by atoms with Gasteiger partial charge in [0.15, 0.2) is 0 Å². The van der Waals surface area contributed by atoms with Crippen LogP contribution in [-0.4, -0.2) is 52.6 Å². The molecular weight excluding hydrogens is 551 g/mol. The number of nitrogens with zero attached hydrogens (tertiary/aromatic N) is 1. The fourth-order valence-electron chi connectivity index (χ4n) is 3.50. The average molecular weight is 589 g/mol. The third-order valence-corrected chi connectivity index (χ3v) is 6.58. The van der Waals surface area contributed by atoms with Crippen molar-refractivity contribution in [3.8, 4) is 0 Å². The quantitative estimate of drug-likeness (QED) is 0.164. The first-order valence-electron chi connectivity index (χ1n) is 11.2. The van der Waals surface area contributed by atoms with Gasteiger partial charge >= 0.3 is 5.97 Å². The normalized spacial score (nSPS) is 12.6. The van der Waals surface area contributed by atoms with Gasteiger partial charge in [0.05, 0.1) is 45.0 Å². The number of hydrogen-bond donors (Lipinski definition) is 1. The van der Waals surface area contributed by atoms with Crippen LogP contribution in [0.25, 0.3) is 0 Å². The van der Waals surface area contributed by atoms with Crippen molar-refractivity contribution < 1.29 is 46.4 Å². The predicted octanol–water partition coefficient (Wildman–Crippen LogP) is 0.910. The zero-order valence-electron chi connectivity index (χ0n) is 20.1. The SMILES string of the molecule is CCCCCc1ccc(S(=O)(=O)N[C@H](CC(=O)OCc2ccccc2)C[N+](C)(C)C)cc1.[I-]. The van der Waals surface area contributed by atoms with E-state index in [-0.39, 0.29) is 41.9 Å². The number of esters is 1. The van der Waals surface area contributed by atoms with Gasteiger partial charge in [0.1, 0.15) is 6.61 Å². The molecule has 0 bridgehead atoms. The second kappa shape index (κ2) is 14.0. The molecule has 0 radical (unpaired) electrons. The van der Waals surface area contributed by atoms with Crippen molar-refractivity contribution in [1.29, 1.82) is 0 Å². The highest BCUT2D eigenvalue weighted by molar-refractivity contribution is 7.89. The monoisotopic (exact) mass is 588 g/mol. The van der Waals surface area contributed by atoms with Crippen LogP contribution in [0.15, 0.2) is 59.5 Å². The van der Waals surface area contributed by atoms with Gasteiger partial charge in [-0.25, -0.2) is 13.1 Å². The van der Waals surface area contributed by atoms with Crippen LogP contribution >= 0.6 is 0 Å². The molecule has 2 rings (SSSR count). The van der Waals surface area contributed by atoms with Crippen molar-refractivity contribution in [2.24, 2.45) is 0 Å². The van der Waals surface area contributed by atoms with E-state index in [0.717, 1.165) is 36.8 Å². The number of carbonyl (C=O) groups is 1. The predicted molar refractivity (Wildman–Crippen MR) is 128 cm³/mol.